The normalized spacial score (nSPS) is 11.1. The average molecular weight is 460 g/mol. The van der Waals surface area contributed by atoms with Gasteiger partial charge in [-0.05, 0) is 40.5 Å². The van der Waals surface area contributed by atoms with E-state index < -0.39 is 0 Å². The van der Waals surface area contributed by atoms with Gasteiger partial charge in [-0.2, -0.15) is 0 Å². The van der Waals surface area contributed by atoms with E-state index in [1.54, 1.807) is 7.11 Å². The average Bonchev–Trinajstić information content (AvgIpc) is 2.62. The fourth-order valence-corrected chi connectivity index (χ4v) is 3.93. The van der Waals surface area contributed by atoms with Gasteiger partial charge in [-0.25, -0.2) is 0 Å². The molecule has 0 aliphatic heterocycles. The van der Waals surface area contributed by atoms with Crippen molar-refractivity contribution in [2.45, 2.75) is 17.7 Å². The monoisotopic (exact) mass is 460 g/mol. The standard InChI is InChI=1S/C19H25IO3S/c1-21-11-12-22-13-14-23-18-8-9-19(24-15-5-4-10-20)17-7-3-2-6-16(17)18/h2-3,6-9H,4-5,10-15H2,1H3. The minimum absolute atomic E-state index is 0.551. The molecule has 0 atom stereocenters. The first-order chi connectivity index (χ1) is 11.9. The van der Waals surface area contributed by atoms with Crippen LogP contribution in [0.5, 0.6) is 5.75 Å². The molecule has 2 rings (SSSR count). The van der Waals surface area contributed by atoms with Crippen LogP contribution in [0.15, 0.2) is 41.3 Å². The van der Waals surface area contributed by atoms with E-state index in [2.05, 4.69) is 59.0 Å². The van der Waals surface area contributed by atoms with Gasteiger partial charge in [0.2, 0.25) is 0 Å². The quantitative estimate of drug-likeness (QED) is 0.189. The molecule has 24 heavy (non-hydrogen) atoms. The van der Waals surface area contributed by atoms with Crippen molar-refractivity contribution in [1.82, 2.24) is 0 Å². The summed E-state index contributed by atoms with van der Waals surface area (Å²) in [6, 6.07) is 12.7. The van der Waals surface area contributed by atoms with Crippen molar-refractivity contribution in [3.05, 3.63) is 36.4 Å². The van der Waals surface area contributed by atoms with E-state index in [9.17, 15) is 0 Å². The lowest BCUT2D eigenvalue weighted by molar-refractivity contribution is 0.0547. The van der Waals surface area contributed by atoms with Crippen molar-refractivity contribution in [2.75, 3.05) is 43.7 Å². The third-order valence-electron chi connectivity index (χ3n) is 3.55. The maximum atomic E-state index is 5.92. The topological polar surface area (TPSA) is 27.7 Å². The second kappa shape index (κ2) is 12.0. The zero-order valence-electron chi connectivity index (χ0n) is 14.1. The van der Waals surface area contributed by atoms with Gasteiger partial charge in [0.05, 0.1) is 19.8 Å². The summed E-state index contributed by atoms with van der Waals surface area (Å²) in [5.74, 6) is 2.10. The highest BCUT2D eigenvalue weighted by molar-refractivity contribution is 14.1. The zero-order valence-corrected chi connectivity index (χ0v) is 17.1. The van der Waals surface area contributed by atoms with E-state index in [1.165, 1.54) is 38.7 Å². The Morgan fingerprint density at radius 3 is 2.50 bits per heavy atom. The number of unbranched alkanes of at least 4 members (excludes halogenated alkanes) is 1. The van der Waals surface area contributed by atoms with Crippen LogP contribution in [0, 0.1) is 0 Å². The number of ether oxygens (including phenoxy) is 3. The number of thioether (sulfide) groups is 1. The lowest BCUT2D eigenvalue weighted by Gasteiger charge is -2.12. The summed E-state index contributed by atoms with van der Waals surface area (Å²) in [6.07, 6.45) is 2.55. The van der Waals surface area contributed by atoms with Crippen LogP contribution in [0.3, 0.4) is 0 Å². The first-order valence-corrected chi connectivity index (χ1v) is 10.8. The first kappa shape index (κ1) is 19.8. The van der Waals surface area contributed by atoms with Crippen molar-refractivity contribution in [2.24, 2.45) is 0 Å². The molecule has 132 valence electrons. The van der Waals surface area contributed by atoms with Crippen LogP contribution >= 0.6 is 34.4 Å². The predicted molar refractivity (Wildman–Crippen MR) is 111 cm³/mol. The summed E-state index contributed by atoms with van der Waals surface area (Å²) in [6.45, 7) is 2.35. The molecule has 0 aliphatic carbocycles. The molecule has 5 heteroatoms. The predicted octanol–water partition coefficient (Wildman–Crippen LogP) is 5.19. The van der Waals surface area contributed by atoms with Crippen molar-refractivity contribution in [1.29, 1.82) is 0 Å². The Bertz CT molecular complexity index is 606. The van der Waals surface area contributed by atoms with Gasteiger partial charge in [0, 0.05) is 17.4 Å². The largest absolute Gasteiger partial charge is 0.491 e. The van der Waals surface area contributed by atoms with Crippen LogP contribution in [0.2, 0.25) is 0 Å². The lowest BCUT2D eigenvalue weighted by Crippen LogP contribution is -2.10. The number of halogens is 1. The van der Waals surface area contributed by atoms with Crippen molar-refractivity contribution in [3.63, 3.8) is 0 Å². The van der Waals surface area contributed by atoms with E-state index in [0.717, 1.165) is 5.75 Å². The van der Waals surface area contributed by atoms with Crippen LogP contribution in [0.25, 0.3) is 10.8 Å². The van der Waals surface area contributed by atoms with Gasteiger partial charge in [-0.3, -0.25) is 0 Å². The van der Waals surface area contributed by atoms with E-state index in [1.807, 2.05) is 11.8 Å². The van der Waals surface area contributed by atoms with Crippen molar-refractivity contribution < 1.29 is 14.2 Å². The zero-order chi connectivity index (χ0) is 17.0. The summed E-state index contributed by atoms with van der Waals surface area (Å²) >= 11 is 4.38. The van der Waals surface area contributed by atoms with Crippen molar-refractivity contribution in [3.8, 4) is 5.75 Å². The molecule has 2 aromatic carbocycles. The second-order valence-corrected chi connectivity index (χ2v) is 7.52. The minimum atomic E-state index is 0.551. The summed E-state index contributed by atoms with van der Waals surface area (Å²) in [4.78, 5) is 1.34. The lowest BCUT2D eigenvalue weighted by atomic mass is 10.1. The summed E-state index contributed by atoms with van der Waals surface area (Å²) in [5.41, 5.74) is 0. The molecule has 2 aromatic rings. The molecule has 0 heterocycles. The van der Waals surface area contributed by atoms with Crippen LogP contribution in [0.1, 0.15) is 12.8 Å². The van der Waals surface area contributed by atoms with E-state index >= 15 is 0 Å². The van der Waals surface area contributed by atoms with Crippen molar-refractivity contribution >= 4 is 45.1 Å². The molecule has 0 amide bonds. The number of hydrogen-bond donors (Lipinski definition) is 0. The van der Waals surface area contributed by atoms with Gasteiger partial charge in [0.1, 0.15) is 12.4 Å². The molecule has 0 aliphatic rings. The maximum Gasteiger partial charge on any atom is 0.127 e. The number of benzene rings is 2. The highest BCUT2D eigenvalue weighted by Crippen LogP contribution is 2.34. The van der Waals surface area contributed by atoms with Gasteiger partial charge >= 0.3 is 0 Å². The number of rotatable bonds is 12. The first-order valence-electron chi connectivity index (χ1n) is 8.27. The van der Waals surface area contributed by atoms with E-state index in [4.69, 9.17) is 14.2 Å². The number of methoxy groups -OCH3 is 1. The molecule has 0 unspecified atom stereocenters. The van der Waals surface area contributed by atoms with Gasteiger partial charge < -0.3 is 14.2 Å². The Morgan fingerprint density at radius 2 is 1.71 bits per heavy atom. The number of alkyl halides is 1. The molecule has 0 bridgehead atoms. The molecular formula is C19H25IO3S. The van der Waals surface area contributed by atoms with E-state index in [0.29, 0.717) is 26.4 Å². The maximum absolute atomic E-state index is 5.92. The Kier molecular flexibility index (Phi) is 9.87. The minimum Gasteiger partial charge on any atom is -0.491 e. The summed E-state index contributed by atoms with van der Waals surface area (Å²) in [7, 11) is 1.67. The summed E-state index contributed by atoms with van der Waals surface area (Å²) < 4.78 is 17.6. The molecule has 3 nitrogen and oxygen atoms in total. The molecule has 0 spiro atoms. The van der Waals surface area contributed by atoms with Gasteiger partial charge in [-0.1, -0.05) is 46.9 Å². The Morgan fingerprint density at radius 1 is 0.917 bits per heavy atom. The number of hydrogen-bond acceptors (Lipinski definition) is 4. The Labute approximate surface area is 162 Å². The Balaban J connectivity index is 1.96. The second-order valence-electron chi connectivity index (χ2n) is 5.31. The third-order valence-corrected chi connectivity index (χ3v) is 5.47. The molecule has 0 fully saturated rings. The highest BCUT2D eigenvalue weighted by Gasteiger charge is 2.07. The van der Waals surface area contributed by atoms with E-state index in [-0.39, 0.29) is 0 Å². The highest BCUT2D eigenvalue weighted by atomic mass is 127. The van der Waals surface area contributed by atoms with Crippen LogP contribution < -0.4 is 4.74 Å². The van der Waals surface area contributed by atoms with Crippen LogP contribution in [0.4, 0.5) is 0 Å². The molecular weight excluding hydrogens is 435 g/mol. The molecule has 0 aromatic heterocycles. The smallest absolute Gasteiger partial charge is 0.127 e. The fourth-order valence-electron chi connectivity index (χ4n) is 2.33. The summed E-state index contributed by atoms with van der Waals surface area (Å²) in [5, 5.41) is 2.45. The van der Waals surface area contributed by atoms with Crippen LogP contribution in [-0.4, -0.2) is 43.7 Å². The SMILES string of the molecule is COCCOCCOc1ccc(SCCCCI)c2ccccc12. The molecule has 0 saturated carbocycles. The van der Waals surface area contributed by atoms with Gasteiger partial charge in [0.25, 0.3) is 0 Å². The molecule has 0 radical (unpaired) electrons. The van der Waals surface area contributed by atoms with Gasteiger partial charge in [-0.15, -0.1) is 11.8 Å². The number of fused-ring (bicyclic) bond motifs is 1. The fraction of sp³-hybridized carbons (Fsp3) is 0.474. The van der Waals surface area contributed by atoms with Gasteiger partial charge in [0.15, 0.2) is 0 Å². The molecule has 0 saturated heterocycles. The molecule has 0 N–H and O–H groups in total. The Hall–Kier alpha value is -0.500. The third kappa shape index (κ3) is 6.43. The van der Waals surface area contributed by atoms with Crippen LogP contribution in [-0.2, 0) is 9.47 Å².